The first-order valence-corrected chi connectivity index (χ1v) is 6.27. The number of anilines is 1. The summed E-state index contributed by atoms with van der Waals surface area (Å²) in [5.74, 6) is -1.78. The van der Waals surface area contributed by atoms with Gasteiger partial charge in [-0.15, -0.1) is 0 Å². The normalized spacial score (nSPS) is 10.4. The van der Waals surface area contributed by atoms with Crippen molar-refractivity contribution >= 4 is 11.6 Å². The molecule has 2 aromatic rings. The summed E-state index contributed by atoms with van der Waals surface area (Å²) in [6.07, 6.45) is 0.157. The van der Waals surface area contributed by atoms with Gasteiger partial charge in [-0.25, -0.2) is 8.78 Å². The van der Waals surface area contributed by atoms with Crippen LogP contribution in [0, 0.1) is 25.5 Å². The second-order valence-corrected chi connectivity index (χ2v) is 4.78. The molecule has 0 bridgehead atoms. The van der Waals surface area contributed by atoms with Crippen molar-refractivity contribution in [1.82, 2.24) is 0 Å². The van der Waals surface area contributed by atoms with Crippen LogP contribution in [0.15, 0.2) is 36.4 Å². The predicted molar refractivity (Wildman–Crippen MR) is 74.6 cm³/mol. The molecule has 0 saturated carbocycles. The molecule has 1 N–H and O–H groups in total. The van der Waals surface area contributed by atoms with Gasteiger partial charge in [0.2, 0.25) is 5.91 Å². The van der Waals surface area contributed by atoms with Crippen molar-refractivity contribution in [2.75, 3.05) is 5.32 Å². The van der Waals surface area contributed by atoms with Crippen molar-refractivity contribution in [3.05, 3.63) is 64.7 Å². The maximum Gasteiger partial charge on any atom is 0.228 e. The van der Waals surface area contributed by atoms with Crippen molar-refractivity contribution in [2.45, 2.75) is 20.3 Å². The number of aryl methyl sites for hydroxylation is 2. The Bertz CT molecular complexity index is 653. The molecule has 0 aliphatic heterocycles. The summed E-state index contributed by atoms with van der Waals surface area (Å²) in [6, 6.07) is 8.90. The molecule has 0 radical (unpaired) electrons. The topological polar surface area (TPSA) is 29.1 Å². The van der Waals surface area contributed by atoms with E-state index in [9.17, 15) is 13.6 Å². The summed E-state index contributed by atoms with van der Waals surface area (Å²) in [4.78, 5) is 11.9. The molecule has 0 spiro atoms. The summed E-state index contributed by atoms with van der Waals surface area (Å²) in [6.45, 7) is 3.86. The third-order valence-corrected chi connectivity index (χ3v) is 3.06. The van der Waals surface area contributed by atoms with Crippen molar-refractivity contribution in [1.29, 1.82) is 0 Å². The molecule has 104 valence electrons. The summed E-state index contributed by atoms with van der Waals surface area (Å²) < 4.78 is 26.2. The smallest absolute Gasteiger partial charge is 0.228 e. The van der Waals surface area contributed by atoms with E-state index in [4.69, 9.17) is 0 Å². The van der Waals surface area contributed by atoms with Crippen molar-refractivity contribution in [3.8, 4) is 0 Å². The molecular formula is C16H15F2NO. The van der Waals surface area contributed by atoms with E-state index >= 15 is 0 Å². The zero-order valence-electron chi connectivity index (χ0n) is 11.3. The van der Waals surface area contributed by atoms with Gasteiger partial charge in [0.15, 0.2) is 0 Å². The average molecular weight is 275 g/mol. The lowest BCUT2D eigenvalue weighted by atomic mass is 10.0. The van der Waals surface area contributed by atoms with Gasteiger partial charge in [-0.1, -0.05) is 23.8 Å². The molecule has 0 aliphatic carbocycles. The standard InChI is InChI=1S/C16H15F2NO/c1-10-3-4-11(2)12(7-10)8-16(20)19-15-6-5-13(17)9-14(15)18/h3-7,9H,8H2,1-2H3,(H,19,20). The Morgan fingerprint density at radius 1 is 1.10 bits per heavy atom. The summed E-state index contributed by atoms with van der Waals surface area (Å²) in [5.41, 5.74) is 2.95. The highest BCUT2D eigenvalue weighted by atomic mass is 19.1. The first kappa shape index (κ1) is 14.2. The Morgan fingerprint density at radius 3 is 2.55 bits per heavy atom. The minimum Gasteiger partial charge on any atom is -0.323 e. The molecule has 2 rings (SSSR count). The lowest BCUT2D eigenvalue weighted by Crippen LogP contribution is -2.16. The van der Waals surface area contributed by atoms with E-state index in [1.165, 1.54) is 6.07 Å². The monoisotopic (exact) mass is 275 g/mol. The van der Waals surface area contributed by atoms with Gasteiger partial charge in [0.1, 0.15) is 11.6 Å². The summed E-state index contributed by atoms with van der Waals surface area (Å²) in [7, 11) is 0. The van der Waals surface area contributed by atoms with Crippen LogP contribution in [-0.2, 0) is 11.2 Å². The van der Waals surface area contributed by atoms with Crippen molar-refractivity contribution in [3.63, 3.8) is 0 Å². The number of carbonyl (C=O) groups excluding carboxylic acids is 1. The van der Waals surface area contributed by atoms with E-state index in [1.54, 1.807) is 0 Å². The summed E-state index contributed by atoms with van der Waals surface area (Å²) in [5, 5.41) is 2.45. The van der Waals surface area contributed by atoms with E-state index in [0.29, 0.717) is 0 Å². The Morgan fingerprint density at radius 2 is 1.85 bits per heavy atom. The Kier molecular flexibility index (Phi) is 4.13. The first-order chi connectivity index (χ1) is 9.45. The summed E-state index contributed by atoms with van der Waals surface area (Å²) >= 11 is 0. The number of rotatable bonds is 3. The molecule has 4 heteroatoms. The first-order valence-electron chi connectivity index (χ1n) is 6.27. The number of carbonyl (C=O) groups is 1. The highest BCUT2D eigenvalue weighted by molar-refractivity contribution is 5.92. The largest absolute Gasteiger partial charge is 0.323 e. The third-order valence-electron chi connectivity index (χ3n) is 3.06. The zero-order valence-corrected chi connectivity index (χ0v) is 11.3. The second-order valence-electron chi connectivity index (χ2n) is 4.78. The lowest BCUT2D eigenvalue weighted by molar-refractivity contribution is -0.115. The third kappa shape index (κ3) is 3.41. The zero-order chi connectivity index (χ0) is 14.7. The van der Waals surface area contributed by atoms with Crippen LogP contribution in [-0.4, -0.2) is 5.91 Å². The quantitative estimate of drug-likeness (QED) is 0.907. The van der Waals surface area contributed by atoms with Crippen LogP contribution < -0.4 is 5.32 Å². The van der Waals surface area contributed by atoms with Gasteiger partial charge in [-0.2, -0.15) is 0 Å². The van der Waals surface area contributed by atoms with Gasteiger partial charge in [0, 0.05) is 6.07 Å². The number of benzene rings is 2. The number of nitrogens with one attached hydrogen (secondary N) is 1. The van der Waals surface area contributed by atoms with Gasteiger partial charge in [0.25, 0.3) is 0 Å². The van der Waals surface area contributed by atoms with Gasteiger partial charge in [-0.3, -0.25) is 4.79 Å². The molecule has 2 aromatic carbocycles. The fourth-order valence-electron chi connectivity index (χ4n) is 1.95. The molecule has 0 saturated heterocycles. The number of hydrogen-bond acceptors (Lipinski definition) is 1. The maximum absolute atomic E-state index is 13.4. The molecular weight excluding hydrogens is 260 g/mol. The molecule has 0 fully saturated rings. The molecule has 2 nitrogen and oxygen atoms in total. The molecule has 0 heterocycles. The van der Waals surface area contributed by atoms with E-state index in [0.717, 1.165) is 28.8 Å². The second kappa shape index (κ2) is 5.82. The van der Waals surface area contributed by atoms with Gasteiger partial charge in [0.05, 0.1) is 12.1 Å². The Hall–Kier alpha value is -2.23. The minimum absolute atomic E-state index is 0.0123. The molecule has 1 amide bonds. The van der Waals surface area contributed by atoms with Crippen LogP contribution in [0.2, 0.25) is 0 Å². The van der Waals surface area contributed by atoms with E-state index in [2.05, 4.69) is 5.32 Å². The van der Waals surface area contributed by atoms with Crippen molar-refractivity contribution < 1.29 is 13.6 Å². The fourth-order valence-corrected chi connectivity index (χ4v) is 1.95. The van der Waals surface area contributed by atoms with E-state index < -0.39 is 11.6 Å². The fraction of sp³-hybridized carbons (Fsp3) is 0.188. The SMILES string of the molecule is Cc1ccc(C)c(CC(=O)Nc2ccc(F)cc2F)c1. The van der Waals surface area contributed by atoms with Gasteiger partial charge in [-0.05, 0) is 37.1 Å². The number of halogens is 2. The minimum atomic E-state index is -0.778. The van der Waals surface area contributed by atoms with Crippen LogP contribution in [0.3, 0.4) is 0 Å². The highest BCUT2D eigenvalue weighted by Gasteiger charge is 2.10. The molecule has 0 unspecified atom stereocenters. The number of hydrogen-bond donors (Lipinski definition) is 1. The maximum atomic E-state index is 13.4. The molecule has 0 aromatic heterocycles. The van der Waals surface area contributed by atoms with E-state index in [-0.39, 0.29) is 18.0 Å². The van der Waals surface area contributed by atoms with Crippen LogP contribution >= 0.6 is 0 Å². The van der Waals surface area contributed by atoms with Crippen LogP contribution in [0.4, 0.5) is 14.5 Å². The molecule has 0 atom stereocenters. The predicted octanol–water partition coefficient (Wildman–Crippen LogP) is 3.76. The van der Waals surface area contributed by atoms with Crippen molar-refractivity contribution in [2.24, 2.45) is 0 Å². The van der Waals surface area contributed by atoms with Crippen LogP contribution in [0.1, 0.15) is 16.7 Å². The lowest BCUT2D eigenvalue weighted by Gasteiger charge is -2.09. The Balaban J connectivity index is 2.11. The highest BCUT2D eigenvalue weighted by Crippen LogP contribution is 2.16. The number of amides is 1. The van der Waals surface area contributed by atoms with Crippen LogP contribution in [0.25, 0.3) is 0 Å². The average Bonchev–Trinajstić information content (AvgIpc) is 2.37. The van der Waals surface area contributed by atoms with Crippen LogP contribution in [0.5, 0.6) is 0 Å². The molecule has 20 heavy (non-hydrogen) atoms. The van der Waals surface area contributed by atoms with E-state index in [1.807, 2.05) is 32.0 Å². The Labute approximate surface area is 116 Å². The van der Waals surface area contributed by atoms with Gasteiger partial charge < -0.3 is 5.32 Å². The van der Waals surface area contributed by atoms with Gasteiger partial charge >= 0.3 is 0 Å². The molecule has 0 aliphatic rings.